The maximum Gasteiger partial charge on any atom is 0.394 e. The smallest absolute Gasteiger partial charge is 0.394 e. The number of nitrogen functional groups attached to an aromatic ring is 1. The number of rotatable bonds is 6. The summed E-state index contributed by atoms with van der Waals surface area (Å²) in [5, 5.41) is 37.0. The molecule has 0 bridgehead atoms. The number of nitrogens with zero attached hydrogens (tertiary/aromatic N) is 4. The summed E-state index contributed by atoms with van der Waals surface area (Å²) in [6.07, 6.45) is 1.05. The van der Waals surface area contributed by atoms with Gasteiger partial charge < -0.3 is 36.6 Å². The number of thioether (sulfide) groups is 1. The number of aliphatic carboxylic acids is 1. The molecule has 1 saturated heterocycles. The molecule has 10 N–H and O–H groups in total. The molecule has 5 atom stereocenters. The maximum absolute atomic E-state index is 10.1. The van der Waals surface area contributed by atoms with E-state index in [2.05, 4.69) is 15.0 Å². The second-order valence-corrected chi connectivity index (χ2v) is 8.37. The first kappa shape index (κ1) is 28.9. The molecule has 0 unspecified atom stereocenters. The molecule has 2 aromatic rings. The van der Waals surface area contributed by atoms with Crippen LogP contribution in [0.4, 0.5) is 5.82 Å². The van der Waals surface area contributed by atoms with E-state index in [1.807, 2.05) is 6.26 Å². The van der Waals surface area contributed by atoms with Crippen LogP contribution in [-0.2, 0) is 19.9 Å². The van der Waals surface area contributed by atoms with Crippen molar-refractivity contribution in [2.24, 2.45) is 5.73 Å². The van der Waals surface area contributed by atoms with Crippen LogP contribution < -0.4 is 11.5 Å². The molecule has 0 amide bonds. The van der Waals surface area contributed by atoms with Gasteiger partial charge in [-0.05, 0) is 18.4 Å². The normalized spacial score (nSPS) is 23.2. The zero-order valence-corrected chi connectivity index (χ0v) is 18.9. The second-order valence-electron chi connectivity index (χ2n) is 6.49. The number of imidazole rings is 1. The summed E-state index contributed by atoms with van der Waals surface area (Å²) in [6.45, 7) is -0.390. The molecular formula is C15H26N6O10S2. The van der Waals surface area contributed by atoms with Crippen LogP contribution >= 0.6 is 11.8 Å². The molecule has 16 nitrogen and oxygen atoms in total. The van der Waals surface area contributed by atoms with Crippen molar-refractivity contribution in [3.05, 3.63) is 12.7 Å². The molecular weight excluding hydrogens is 488 g/mol. The minimum atomic E-state index is -4.67. The molecule has 188 valence electrons. The van der Waals surface area contributed by atoms with Gasteiger partial charge in [0.15, 0.2) is 17.7 Å². The van der Waals surface area contributed by atoms with Gasteiger partial charge in [0.1, 0.15) is 36.2 Å². The topological polar surface area (TPSA) is 277 Å². The van der Waals surface area contributed by atoms with Crippen LogP contribution in [0.2, 0.25) is 0 Å². The van der Waals surface area contributed by atoms with Crippen LogP contribution in [0.1, 0.15) is 12.6 Å². The van der Waals surface area contributed by atoms with Crippen LogP contribution in [0.15, 0.2) is 12.7 Å². The predicted octanol–water partition coefficient (Wildman–Crippen LogP) is -2.48. The van der Waals surface area contributed by atoms with Crippen molar-refractivity contribution >= 4 is 45.1 Å². The monoisotopic (exact) mass is 514 g/mol. The maximum atomic E-state index is 10.1. The van der Waals surface area contributed by atoms with Gasteiger partial charge in [-0.15, -0.1) is 0 Å². The van der Waals surface area contributed by atoms with E-state index < -0.39 is 53.6 Å². The Hall–Kier alpha value is -2.16. The van der Waals surface area contributed by atoms with Crippen LogP contribution in [0.5, 0.6) is 0 Å². The van der Waals surface area contributed by atoms with E-state index in [0.29, 0.717) is 17.6 Å². The van der Waals surface area contributed by atoms with Gasteiger partial charge in [0.25, 0.3) is 0 Å². The third kappa shape index (κ3) is 8.95. The number of hydrogen-bond donors (Lipinski definition) is 8. The number of ether oxygens (including phenoxy) is 1. The molecule has 3 rings (SSSR count). The second kappa shape index (κ2) is 12.9. The highest BCUT2D eigenvalue weighted by Crippen LogP contribution is 2.31. The van der Waals surface area contributed by atoms with Crippen molar-refractivity contribution < 1.29 is 47.5 Å². The number of carbonyl (C=O) groups is 1. The quantitative estimate of drug-likeness (QED) is 0.185. The SMILES string of the molecule is CSCC[C@H](N)C(=O)O.Nc1ncnc2c1ncn2[C@@H]1O[C@H](CO)[C@@H](O)[C@H]1O.O=S(=O)(O)O. The Morgan fingerprint density at radius 3 is 2.36 bits per heavy atom. The molecule has 1 fully saturated rings. The molecule has 1 aliphatic heterocycles. The molecule has 0 radical (unpaired) electrons. The summed E-state index contributed by atoms with van der Waals surface area (Å²) in [5.74, 6) is 0.118. The van der Waals surface area contributed by atoms with E-state index in [-0.39, 0.29) is 5.82 Å². The van der Waals surface area contributed by atoms with Crippen LogP contribution in [0.3, 0.4) is 0 Å². The molecule has 33 heavy (non-hydrogen) atoms. The fraction of sp³-hybridized carbons (Fsp3) is 0.600. The van der Waals surface area contributed by atoms with Gasteiger partial charge in [0, 0.05) is 0 Å². The minimum Gasteiger partial charge on any atom is -0.480 e. The average molecular weight is 515 g/mol. The van der Waals surface area contributed by atoms with Gasteiger partial charge >= 0.3 is 16.4 Å². The van der Waals surface area contributed by atoms with Crippen LogP contribution in [-0.4, -0.2) is 106 Å². The number of carboxylic acids is 1. The molecule has 0 aromatic carbocycles. The number of carboxylic acid groups (broad SMARTS) is 1. The number of anilines is 1. The number of nitrogens with two attached hydrogens (primary N) is 2. The van der Waals surface area contributed by atoms with Gasteiger partial charge in [-0.1, -0.05) is 0 Å². The number of aliphatic hydroxyl groups excluding tert-OH is 3. The van der Waals surface area contributed by atoms with Gasteiger partial charge in [-0.3, -0.25) is 18.5 Å². The third-order valence-corrected chi connectivity index (χ3v) is 4.77. The molecule has 0 spiro atoms. The molecule has 2 aromatic heterocycles. The highest BCUT2D eigenvalue weighted by Gasteiger charge is 2.43. The van der Waals surface area contributed by atoms with E-state index >= 15 is 0 Å². The Bertz CT molecular complexity index is 998. The van der Waals surface area contributed by atoms with Crippen LogP contribution in [0, 0.1) is 0 Å². The minimum absolute atomic E-state index is 0.218. The van der Waals surface area contributed by atoms with Crippen molar-refractivity contribution in [1.29, 1.82) is 0 Å². The van der Waals surface area contributed by atoms with E-state index in [9.17, 15) is 15.0 Å². The van der Waals surface area contributed by atoms with Gasteiger partial charge in [-0.2, -0.15) is 20.2 Å². The Balaban J connectivity index is 0.000000326. The summed E-state index contributed by atoms with van der Waals surface area (Å²) in [6, 6.07) is -0.683. The lowest BCUT2D eigenvalue weighted by Crippen LogP contribution is -2.33. The van der Waals surface area contributed by atoms with Crippen molar-refractivity contribution in [3.63, 3.8) is 0 Å². The fourth-order valence-corrected chi connectivity index (χ4v) is 3.02. The van der Waals surface area contributed by atoms with Gasteiger partial charge in [-0.25, -0.2) is 15.0 Å². The summed E-state index contributed by atoms with van der Waals surface area (Å²) in [7, 11) is -4.67. The van der Waals surface area contributed by atoms with E-state index in [4.69, 9.17) is 43.9 Å². The number of fused-ring (bicyclic) bond motifs is 1. The lowest BCUT2D eigenvalue weighted by molar-refractivity contribution is -0.138. The zero-order valence-electron chi connectivity index (χ0n) is 17.2. The van der Waals surface area contributed by atoms with E-state index in [1.165, 1.54) is 17.2 Å². The van der Waals surface area contributed by atoms with Crippen molar-refractivity contribution in [3.8, 4) is 0 Å². The highest BCUT2D eigenvalue weighted by atomic mass is 32.3. The lowest BCUT2D eigenvalue weighted by Gasteiger charge is -2.16. The average Bonchev–Trinajstić information content (AvgIpc) is 3.27. The summed E-state index contributed by atoms with van der Waals surface area (Å²) >= 11 is 1.60. The molecule has 1 aliphatic rings. The van der Waals surface area contributed by atoms with E-state index in [0.717, 1.165) is 5.75 Å². The van der Waals surface area contributed by atoms with Gasteiger partial charge in [0.05, 0.1) is 12.9 Å². The first-order valence-corrected chi connectivity index (χ1v) is 11.8. The Kier molecular flexibility index (Phi) is 11.3. The first-order chi connectivity index (χ1) is 15.3. The van der Waals surface area contributed by atoms with Crippen molar-refractivity contribution in [2.45, 2.75) is 37.0 Å². The first-order valence-electron chi connectivity index (χ1n) is 9.04. The Morgan fingerprint density at radius 2 is 1.88 bits per heavy atom. The van der Waals surface area contributed by atoms with E-state index in [1.54, 1.807) is 11.8 Å². The largest absolute Gasteiger partial charge is 0.480 e. The Labute approximate surface area is 192 Å². The van der Waals surface area contributed by atoms with Crippen molar-refractivity contribution in [1.82, 2.24) is 19.5 Å². The predicted molar refractivity (Wildman–Crippen MR) is 116 cm³/mol. The summed E-state index contributed by atoms with van der Waals surface area (Å²) < 4.78 is 38.4. The highest BCUT2D eigenvalue weighted by molar-refractivity contribution is 7.98. The molecule has 3 heterocycles. The zero-order chi connectivity index (χ0) is 25.3. The lowest BCUT2D eigenvalue weighted by atomic mass is 10.1. The third-order valence-electron chi connectivity index (χ3n) is 4.13. The van der Waals surface area contributed by atoms with Crippen molar-refractivity contribution in [2.75, 3.05) is 24.3 Å². The van der Waals surface area contributed by atoms with Gasteiger partial charge in [0.2, 0.25) is 0 Å². The number of aliphatic hydroxyl groups is 3. The number of hydrogen-bond acceptors (Lipinski definition) is 13. The fourth-order valence-electron chi connectivity index (χ4n) is 2.53. The molecule has 0 saturated carbocycles. The number of aromatic nitrogens is 4. The summed E-state index contributed by atoms with van der Waals surface area (Å²) in [5.41, 5.74) is 11.6. The molecule has 18 heteroatoms. The summed E-state index contributed by atoms with van der Waals surface area (Å²) in [4.78, 5) is 22.0. The standard InChI is InChI=1S/C10H13N5O4.C5H11NO2S.H2O4S/c11-8-5-9(13-2-12-8)15(3-14-5)10-7(18)6(17)4(1-16)19-10;1-9-3-2-4(6)5(7)8;1-5(2,3)4/h2-4,6-7,10,16-18H,1H2,(H2,11,12,13);4H,2-3,6H2,1H3,(H,7,8);(H2,1,2,3,4)/t4-,6-,7-,10-;4-;/m10./s1. The Morgan fingerprint density at radius 1 is 1.27 bits per heavy atom. The molecule has 0 aliphatic carbocycles. The van der Waals surface area contributed by atoms with Crippen LogP contribution in [0.25, 0.3) is 11.2 Å².